The van der Waals surface area contributed by atoms with Crippen molar-refractivity contribution in [2.45, 2.75) is 45.1 Å². The third-order valence-corrected chi connectivity index (χ3v) is 9.58. The van der Waals surface area contributed by atoms with Crippen LogP contribution >= 0.6 is 11.3 Å². The Hall–Kier alpha value is -3.29. The second-order valence-corrected chi connectivity index (χ2v) is 11.1. The average molecular weight is 502 g/mol. The highest BCUT2D eigenvalue weighted by atomic mass is 32.1. The predicted octanol–water partition coefficient (Wildman–Crippen LogP) is 4.47. The molecule has 1 N–H and O–H groups in total. The van der Waals surface area contributed by atoms with E-state index in [4.69, 9.17) is 4.74 Å². The van der Waals surface area contributed by atoms with Crippen LogP contribution in [0.5, 0.6) is 0 Å². The molecule has 2 heterocycles. The van der Waals surface area contributed by atoms with Crippen LogP contribution in [0.15, 0.2) is 48.5 Å². The zero-order valence-electron chi connectivity index (χ0n) is 20.6. The van der Waals surface area contributed by atoms with Crippen LogP contribution in [-0.2, 0) is 19.7 Å². The number of hydrogen-bond donors (Lipinski definition) is 1. The number of carbonyl (C=O) groups excluding carboxylic acids is 3. The van der Waals surface area contributed by atoms with Crippen LogP contribution in [0.1, 0.15) is 62.8 Å². The number of amides is 2. The first-order valence-electron chi connectivity index (χ1n) is 12.3. The smallest absolute Gasteiger partial charge is 0.341 e. The van der Waals surface area contributed by atoms with Gasteiger partial charge in [-0.2, -0.15) is 0 Å². The molecular formula is C29H27NO5S. The molecule has 0 saturated carbocycles. The molecule has 2 bridgehead atoms. The van der Waals surface area contributed by atoms with Gasteiger partial charge in [-0.05, 0) is 55.5 Å². The average Bonchev–Trinajstić information content (AvgIpc) is 3.31. The summed E-state index contributed by atoms with van der Waals surface area (Å²) in [4.78, 5) is 43.6. The number of imide groups is 1. The van der Waals surface area contributed by atoms with Gasteiger partial charge < -0.3 is 9.84 Å². The zero-order valence-corrected chi connectivity index (χ0v) is 21.4. The van der Waals surface area contributed by atoms with Crippen molar-refractivity contribution in [3.8, 4) is 0 Å². The number of benzene rings is 2. The summed E-state index contributed by atoms with van der Waals surface area (Å²) < 4.78 is 5.30. The van der Waals surface area contributed by atoms with E-state index in [1.807, 2.05) is 62.4 Å². The molecule has 3 aromatic rings. The zero-order chi connectivity index (χ0) is 25.5. The number of rotatable bonds is 4. The molecule has 2 aromatic carbocycles. The normalized spacial score (nSPS) is 26.5. The summed E-state index contributed by atoms with van der Waals surface area (Å²) >= 11 is 1.26. The minimum Gasteiger partial charge on any atom is -0.462 e. The molecule has 0 radical (unpaired) electrons. The SMILES string of the molecule is CCOC(=O)c1c(N2C(=O)C3C4c5ccccc5C(C(C)O)(c5ccccc54)C3C2=O)sc(C)c1C. The third-order valence-electron chi connectivity index (χ3n) is 8.39. The van der Waals surface area contributed by atoms with E-state index in [2.05, 4.69) is 0 Å². The molecule has 0 spiro atoms. The molecular weight excluding hydrogens is 474 g/mol. The lowest BCUT2D eigenvalue weighted by atomic mass is 9.46. The second kappa shape index (κ2) is 7.85. The summed E-state index contributed by atoms with van der Waals surface area (Å²) in [7, 11) is 0. The Balaban J connectivity index is 1.62. The van der Waals surface area contributed by atoms with Crippen molar-refractivity contribution < 1.29 is 24.2 Å². The second-order valence-electron chi connectivity index (χ2n) is 9.90. The van der Waals surface area contributed by atoms with Crippen LogP contribution in [0.25, 0.3) is 0 Å². The summed E-state index contributed by atoms with van der Waals surface area (Å²) in [6.07, 6.45) is -0.929. The van der Waals surface area contributed by atoms with Crippen molar-refractivity contribution in [2.75, 3.05) is 11.5 Å². The van der Waals surface area contributed by atoms with E-state index < -0.39 is 29.3 Å². The molecule has 2 amide bonds. The maximum Gasteiger partial charge on any atom is 0.341 e. The van der Waals surface area contributed by atoms with E-state index in [9.17, 15) is 19.5 Å². The first kappa shape index (κ1) is 23.1. The molecule has 1 fully saturated rings. The lowest BCUT2D eigenvalue weighted by molar-refractivity contribution is -0.126. The standard InChI is InChI=1S/C29H27NO5S/c1-5-35-28(34)21-14(2)15(3)36-27(21)30-25(32)23-22-17-10-6-8-12-19(17)29(16(4)31,24(23)26(30)33)20-13-9-7-11-18(20)22/h6-13,16,22-24,31H,5H2,1-4H3. The third kappa shape index (κ3) is 2.62. The molecule has 7 rings (SSSR count). The summed E-state index contributed by atoms with van der Waals surface area (Å²) in [6, 6.07) is 15.7. The number of esters is 1. The number of thiophene rings is 1. The van der Waals surface area contributed by atoms with Crippen molar-refractivity contribution in [1.29, 1.82) is 0 Å². The van der Waals surface area contributed by atoms with E-state index in [1.165, 1.54) is 16.2 Å². The largest absolute Gasteiger partial charge is 0.462 e. The Morgan fingerprint density at radius 3 is 2.19 bits per heavy atom. The van der Waals surface area contributed by atoms with E-state index in [0.29, 0.717) is 10.6 Å². The maximum atomic E-state index is 14.4. The molecule has 4 aliphatic rings. The Kier molecular flexibility index (Phi) is 5.05. The summed E-state index contributed by atoms with van der Waals surface area (Å²) in [6.45, 7) is 7.31. The monoisotopic (exact) mass is 501 g/mol. The Morgan fingerprint density at radius 1 is 1.06 bits per heavy atom. The van der Waals surface area contributed by atoms with Crippen LogP contribution < -0.4 is 4.90 Å². The fraction of sp³-hybridized carbons (Fsp3) is 0.345. The number of aryl methyl sites for hydroxylation is 1. The number of carbonyl (C=O) groups is 3. The molecule has 6 nitrogen and oxygen atoms in total. The maximum absolute atomic E-state index is 14.4. The molecule has 3 unspecified atom stereocenters. The van der Waals surface area contributed by atoms with Crippen LogP contribution in [0.4, 0.5) is 5.00 Å². The number of aliphatic hydroxyl groups excluding tert-OH is 1. The van der Waals surface area contributed by atoms with Gasteiger partial charge in [0.15, 0.2) is 0 Å². The van der Waals surface area contributed by atoms with Crippen LogP contribution in [-0.4, -0.2) is 35.6 Å². The first-order valence-corrected chi connectivity index (χ1v) is 13.1. The molecule has 3 atom stereocenters. The highest BCUT2D eigenvalue weighted by Gasteiger charge is 2.70. The lowest BCUT2D eigenvalue weighted by Gasteiger charge is -2.55. The van der Waals surface area contributed by atoms with Crippen molar-refractivity contribution >= 4 is 34.1 Å². The lowest BCUT2D eigenvalue weighted by Crippen LogP contribution is -2.58. The minimum absolute atomic E-state index is 0.192. The van der Waals surface area contributed by atoms with Gasteiger partial charge in [-0.3, -0.25) is 9.59 Å². The van der Waals surface area contributed by atoms with E-state index in [0.717, 1.165) is 27.1 Å². The quantitative estimate of drug-likeness (QED) is 0.421. The molecule has 36 heavy (non-hydrogen) atoms. The van der Waals surface area contributed by atoms with Gasteiger partial charge in [0.2, 0.25) is 11.8 Å². The first-order chi connectivity index (χ1) is 17.3. The number of nitrogens with zero attached hydrogens (tertiary/aromatic N) is 1. The molecule has 7 heteroatoms. The number of aliphatic hydroxyl groups is 1. The van der Waals surface area contributed by atoms with Crippen LogP contribution in [0, 0.1) is 25.7 Å². The number of ether oxygens (including phenoxy) is 1. The number of anilines is 1. The van der Waals surface area contributed by atoms with E-state index >= 15 is 0 Å². The molecule has 3 aliphatic carbocycles. The Labute approximate surface area is 213 Å². The van der Waals surface area contributed by atoms with Gasteiger partial charge in [0, 0.05) is 10.8 Å². The summed E-state index contributed by atoms with van der Waals surface area (Å²) in [5.41, 5.74) is 3.67. The van der Waals surface area contributed by atoms with Gasteiger partial charge in [0.25, 0.3) is 0 Å². The highest BCUT2D eigenvalue weighted by Crippen LogP contribution is 2.65. The van der Waals surface area contributed by atoms with Crippen molar-refractivity contribution in [3.63, 3.8) is 0 Å². The Morgan fingerprint density at radius 2 is 1.64 bits per heavy atom. The topological polar surface area (TPSA) is 83.9 Å². The molecule has 1 aromatic heterocycles. The summed E-state index contributed by atoms with van der Waals surface area (Å²) in [5, 5.41) is 11.8. The fourth-order valence-electron chi connectivity index (χ4n) is 6.95. The molecule has 1 saturated heterocycles. The minimum atomic E-state index is -1.07. The van der Waals surface area contributed by atoms with E-state index in [1.54, 1.807) is 13.8 Å². The van der Waals surface area contributed by atoms with E-state index in [-0.39, 0.29) is 29.9 Å². The van der Waals surface area contributed by atoms with Gasteiger partial charge in [0.05, 0.1) is 35.5 Å². The molecule has 184 valence electrons. The van der Waals surface area contributed by atoms with Gasteiger partial charge in [-0.15, -0.1) is 11.3 Å². The highest BCUT2D eigenvalue weighted by molar-refractivity contribution is 7.17. The van der Waals surface area contributed by atoms with Gasteiger partial charge >= 0.3 is 5.97 Å². The van der Waals surface area contributed by atoms with Gasteiger partial charge in [-0.25, -0.2) is 9.69 Å². The van der Waals surface area contributed by atoms with Crippen molar-refractivity contribution in [2.24, 2.45) is 11.8 Å². The fourth-order valence-corrected chi connectivity index (χ4v) is 8.11. The summed E-state index contributed by atoms with van der Waals surface area (Å²) in [5.74, 6) is -2.99. The number of hydrogen-bond acceptors (Lipinski definition) is 6. The molecule has 1 aliphatic heterocycles. The van der Waals surface area contributed by atoms with Crippen molar-refractivity contribution in [3.05, 3.63) is 86.8 Å². The van der Waals surface area contributed by atoms with Crippen LogP contribution in [0.3, 0.4) is 0 Å². The van der Waals surface area contributed by atoms with Crippen molar-refractivity contribution in [1.82, 2.24) is 0 Å². The predicted molar refractivity (Wildman–Crippen MR) is 136 cm³/mol. The van der Waals surface area contributed by atoms with Crippen LogP contribution in [0.2, 0.25) is 0 Å². The van der Waals surface area contributed by atoms with Gasteiger partial charge in [-0.1, -0.05) is 48.5 Å². The Bertz CT molecular complexity index is 1410. The van der Waals surface area contributed by atoms with Gasteiger partial charge in [0.1, 0.15) is 5.00 Å².